The van der Waals surface area contributed by atoms with E-state index in [1.807, 2.05) is 45.0 Å². The van der Waals surface area contributed by atoms with Crippen molar-refractivity contribution >= 4 is 18.0 Å². The Hall–Kier alpha value is -3.35. The molecule has 0 aliphatic heterocycles. The Morgan fingerprint density at radius 2 is 1.49 bits per heavy atom. The molecule has 0 unspecified atom stereocenters. The monoisotopic (exact) mass is 478 g/mol. The van der Waals surface area contributed by atoms with E-state index in [2.05, 4.69) is 29.6 Å². The first-order chi connectivity index (χ1) is 16.6. The van der Waals surface area contributed by atoms with E-state index in [0.29, 0.717) is 25.7 Å². The lowest BCUT2D eigenvalue weighted by atomic mass is 9.84. The van der Waals surface area contributed by atoms with Crippen molar-refractivity contribution in [2.45, 2.75) is 64.0 Å². The van der Waals surface area contributed by atoms with Crippen molar-refractivity contribution in [3.8, 4) is 11.1 Å². The molecule has 0 saturated heterocycles. The van der Waals surface area contributed by atoms with Crippen LogP contribution in [0.1, 0.15) is 63.5 Å². The Kier molecular flexibility index (Phi) is 7.15. The van der Waals surface area contributed by atoms with Crippen LogP contribution in [0.2, 0.25) is 0 Å². The summed E-state index contributed by atoms with van der Waals surface area (Å²) in [6.07, 6.45) is 2.10. The van der Waals surface area contributed by atoms with Crippen molar-refractivity contribution in [1.29, 1.82) is 0 Å². The predicted octanol–water partition coefficient (Wildman–Crippen LogP) is 4.80. The molecule has 1 saturated carbocycles. The molecule has 0 spiro atoms. The summed E-state index contributed by atoms with van der Waals surface area (Å²) in [5, 5.41) is 12.2. The number of carboxylic acids is 1. The fraction of sp³-hybridized carbons (Fsp3) is 0.464. The number of hydrogen-bond donors (Lipinski definition) is 2. The van der Waals surface area contributed by atoms with E-state index in [1.54, 1.807) is 0 Å². The average Bonchev–Trinajstić information content (AvgIpc) is 3.14. The molecule has 2 amide bonds. The molecule has 7 heteroatoms. The lowest BCUT2D eigenvalue weighted by molar-refractivity contribution is -0.151. The summed E-state index contributed by atoms with van der Waals surface area (Å²) in [5.41, 5.74) is 4.15. The SMILES string of the molecule is CC(C)(C)N(CC(=O)O)C(=O)C1CCC(NC(=O)OCC2c3ccccc3-c3ccccc32)CC1. The van der Waals surface area contributed by atoms with Crippen LogP contribution in [-0.4, -0.2) is 52.7 Å². The van der Waals surface area contributed by atoms with Crippen LogP contribution in [0.3, 0.4) is 0 Å². The first kappa shape index (κ1) is 24.8. The Morgan fingerprint density at radius 3 is 2.00 bits per heavy atom. The predicted molar refractivity (Wildman–Crippen MR) is 133 cm³/mol. The second-order valence-corrected chi connectivity index (χ2v) is 10.5. The summed E-state index contributed by atoms with van der Waals surface area (Å²) in [6.45, 7) is 5.50. The molecule has 0 bridgehead atoms. The maximum absolute atomic E-state index is 13.0. The number of hydrogen-bond acceptors (Lipinski definition) is 4. The molecule has 2 aromatic carbocycles. The fourth-order valence-electron chi connectivity index (χ4n) is 5.29. The number of nitrogens with one attached hydrogen (secondary N) is 1. The fourth-order valence-corrected chi connectivity index (χ4v) is 5.29. The van der Waals surface area contributed by atoms with Crippen LogP contribution in [0, 0.1) is 5.92 Å². The minimum Gasteiger partial charge on any atom is -0.480 e. The average molecular weight is 479 g/mol. The highest BCUT2D eigenvalue weighted by molar-refractivity contribution is 5.84. The summed E-state index contributed by atoms with van der Waals surface area (Å²) < 4.78 is 5.65. The van der Waals surface area contributed by atoms with Gasteiger partial charge < -0.3 is 20.1 Å². The van der Waals surface area contributed by atoms with Gasteiger partial charge >= 0.3 is 12.1 Å². The van der Waals surface area contributed by atoms with Gasteiger partial charge in [-0.15, -0.1) is 0 Å². The number of carbonyl (C=O) groups is 3. The molecule has 4 rings (SSSR count). The van der Waals surface area contributed by atoms with Crippen molar-refractivity contribution in [2.24, 2.45) is 5.92 Å². The van der Waals surface area contributed by atoms with Crippen LogP contribution in [0.4, 0.5) is 4.79 Å². The Bertz CT molecular complexity index is 1050. The van der Waals surface area contributed by atoms with Crippen LogP contribution in [0.15, 0.2) is 48.5 Å². The van der Waals surface area contributed by atoms with Gasteiger partial charge in [-0.3, -0.25) is 9.59 Å². The zero-order valence-corrected chi connectivity index (χ0v) is 20.6. The highest BCUT2D eigenvalue weighted by atomic mass is 16.5. The highest BCUT2D eigenvalue weighted by Crippen LogP contribution is 2.44. The molecule has 2 aromatic rings. The number of rotatable bonds is 6. The smallest absolute Gasteiger partial charge is 0.407 e. The summed E-state index contributed by atoms with van der Waals surface area (Å²) in [7, 11) is 0. The number of aliphatic carboxylic acids is 1. The topological polar surface area (TPSA) is 95.9 Å². The lowest BCUT2D eigenvalue weighted by Gasteiger charge is -2.38. The van der Waals surface area contributed by atoms with Gasteiger partial charge in [0.25, 0.3) is 0 Å². The summed E-state index contributed by atoms with van der Waals surface area (Å²) in [4.78, 5) is 38.3. The van der Waals surface area contributed by atoms with Crippen molar-refractivity contribution in [1.82, 2.24) is 10.2 Å². The molecule has 0 heterocycles. The van der Waals surface area contributed by atoms with Crippen LogP contribution in [-0.2, 0) is 14.3 Å². The quantitative estimate of drug-likeness (QED) is 0.622. The number of ether oxygens (including phenoxy) is 1. The van der Waals surface area contributed by atoms with Crippen LogP contribution in [0.25, 0.3) is 11.1 Å². The number of benzene rings is 2. The van der Waals surface area contributed by atoms with Gasteiger partial charge in [-0.25, -0.2) is 4.79 Å². The van der Waals surface area contributed by atoms with Gasteiger partial charge in [0.15, 0.2) is 0 Å². The zero-order chi connectivity index (χ0) is 25.2. The Labute approximate surface area is 206 Å². The van der Waals surface area contributed by atoms with E-state index in [9.17, 15) is 19.5 Å². The molecular formula is C28H34N2O5. The van der Waals surface area contributed by atoms with E-state index >= 15 is 0 Å². The number of carbonyl (C=O) groups excluding carboxylic acids is 2. The number of amides is 2. The van der Waals surface area contributed by atoms with Gasteiger partial charge in [0, 0.05) is 23.4 Å². The Morgan fingerprint density at radius 1 is 0.943 bits per heavy atom. The molecule has 1 fully saturated rings. The van der Waals surface area contributed by atoms with Crippen molar-refractivity contribution in [2.75, 3.05) is 13.2 Å². The molecule has 0 aromatic heterocycles. The van der Waals surface area contributed by atoms with E-state index in [4.69, 9.17) is 4.74 Å². The minimum absolute atomic E-state index is 0.0131. The van der Waals surface area contributed by atoms with E-state index in [0.717, 1.165) is 0 Å². The number of nitrogens with zero attached hydrogens (tertiary/aromatic N) is 1. The third-order valence-electron chi connectivity index (χ3n) is 7.11. The molecule has 35 heavy (non-hydrogen) atoms. The Balaban J connectivity index is 1.29. The second-order valence-electron chi connectivity index (χ2n) is 10.5. The normalized spacial score (nSPS) is 19.4. The van der Waals surface area contributed by atoms with Gasteiger partial charge in [0.2, 0.25) is 5.91 Å². The van der Waals surface area contributed by atoms with Crippen LogP contribution in [0.5, 0.6) is 0 Å². The largest absolute Gasteiger partial charge is 0.480 e. The number of fused-ring (bicyclic) bond motifs is 3. The second kappa shape index (κ2) is 10.1. The van der Waals surface area contributed by atoms with E-state index in [1.165, 1.54) is 27.2 Å². The molecule has 7 nitrogen and oxygen atoms in total. The van der Waals surface area contributed by atoms with Crippen LogP contribution < -0.4 is 5.32 Å². The van der Waals surface area contributed by atoms with Crippen molar-refractivity contribution < 1.29 is 24.2 Å². The molecule has 2 aliphatic carbocycles. The van der Waals surface area contributed by atoms with Gasteiger partial charge in [0.1, 0.15) is 13.2 Å². The minimum atomic E-state index is -1.01. The molecule has 2 aliphatic rings. The van der Waals surface area contributed by atoms with Gasteiger partial charge in [-0.05, 0) is 68.7 Å². The third-order valence-corrected chi connectivity index (χ3v) is 7.11. The maximum Gasteiger partial charge on any atom is 0.407 e. The standard InChI is InChI=1S/C28H34N2O5/c1-28(2,3)30(16-25(31)32)26(33)18-12-14-19(15-13-18)29-27(34)35-17-24-22-10-6-4-8-20(22)21-9-5-7-11-23(21)24/h4-11,18-19,24H,12-17H2,1-3H3,(H,29,34)(H,31,32). The van der Waals surface area contributed by atoms with Gasteiger partial charge in [-0.2, -0.15) is 0 Å². The first-order valence-electron chi connectivity index (χ1n) is 12.3. The molecular weight excluding hydrogens is 444 g/mol. The molecule has 2 N–H and O–H groups in total. The molecule has 0 radical (unpaired) electrons. The first-order valence-corrected chi connectivity index (χ1v) is 12.3. The van der Waals surface area contributed by atoms with E-state index in [-0.39, 0.29) is 36.9 Å². The van der Waals surface area contributed by atoms with Gasteiger partial charge in [0.05, 0.1) is 0 Å². The highest BCUT2D eigenvalue weighted by Gasteiger charge is 2.36. The van der Waals surface area contributed by atoms with E-state index < -0.39 is 17.6 Å². The summed E-state index contributed by atoms with van der Waals surface area (Å²) >= 11 is 0. The van der Waals surface area contributed by atoms with Crippen molar-refractivity contribution in [3.63, 3.8) is 0 Å². The molecule has 0 atom stereocenters. The molecule has 186 valence electrons. The summed E-state index contributed by atoms with van der Waals surface area (Å²) in [5.74, 6) is -1.35. The third kappa shape index (κ3) is 5.50. The van der Waals surface area contributed by atoms with Crippen molar-refractivity contribution in [3.05, 3.63) is 59.7 Å². The summed E-state index contributed by atoms with van der Waals surface area (Å²) in [6, 6.07) is 16.4. The number of alkyl carbamates (subject to hydrolysis) is 1. The lowest BCUT2D eigenvalue weighted by Crippen LogP contribution is -2.51. The maximum atomic E-state index is 13.0. The number of carboxylic acid groups (broad SMARTS) is 1. The van der Waals surface area contributed by atoms with Crippen LogP contribution >= 0.6 is 0 Å². The van der Waals surface area contributed by atoms with Gasteiger partial charge in [-0.1, -0.05) is 48.5 Å². The zero-order valence-electron chi connectivity index (χ0n) is 20.6.